The molecule has 21 heavy (non-hydrogen) atoms. The molecule has 1 aliphatic rings. The highest BCUT2D eigenvalue weighted by atomic mass is 16.5. The predicted octanol–water partition coefficient (Wildman–Crippen LogP) is 2.60. The molecule has 0 saturated carbocycles. The molecule has 4 nitrogen and oxygen atoms in total. The van der Waals surface area contributed by atoms with E-state index in [0.29, 0.717) is 6.42 Å². The summed E-state index contributed by atoms with van der Waals surface area (Å²) < 4.78 is 5.24. The van der Waals surface area contributed by atoms with Gasteiger partial charge in [-0.25, -0.2) is 0 Å². The van der Waals surface area contributed by atoms with Crippen molar-refractivity contribution in [1.29, 1.82) is 0 Å². The molecule has 0 fully saturated rings. The molecule has 114 valence electrons. The lowest BCUT2D eigenvalue weighted by molar-refractivity contribution is -0.161. The van der Waals surface area contributed by atoms with Crippen molar-refractivity contribution in [2.45, 2.75) is 40.2 Å². The Morgan fingerprint density at radius 3 is 2.57 bits per heavy atom. The van der Waals surface area contributed by atoms with Crippen LogP contribution in [0.5, 0.6) is 0 Å². The molecule has 0 aromatic heterocycles. The number of ether oxygens (including phenoxy) is 1. The van der Waals surface area contributed by atoms with Crippen LogP contribution in [-0.4, -0.2) is 30.9 Å². The zero-order chi connectivity index (χ0) is 15.6. The van der Waals surface area contributed by atoms with Crippen molar-refractivity contribution >= 4 is 17.4 Å². The normalized spacial score (nSPS) is 24.4. The number of hydrogen-bond acceptors (Lipinski definition) is 4. The molecular formula is C17H23NO3. The van der Waals surface area contributed by atoms with Gasteiger partial charge in [0.2, 0.25) is 0 Å². The standard InChI is InChI=1S/C17H23NO3/c1-5-18-12(3)17(13(4)19,16(20)21-6-2)11-14-9-7-8-10-15(14)18/h7-10,12H,5-6,11H2,1-4H3. The van der Waals surface area contributed by atoms with E-state index < -0.39 is 11.4 Å². The third-order valence-electron chi connectivity index (χ3n) is 4.56. The van der Waals surface area contributed by atoms with Crippen molar-refractivity contribution in [3.63, 3.8) is 0 Å². The number of benzene rings is 1. The quantitative estimate of drug-likeness (QED) is 0.631. The average Bonchev–Trinajstić information content (AvgIpc) is 2.46. The molecule has 0 amide bonds. The van der Waals surface area contributed by atoms with Crippen LogP contribution in [0, 0.1) is 5.41 Å². The van der Waals surface area contributed by atoms with Crippen molar-refractivity contribution in [3.05, 3.63) is 29.8 Å². The molecule has 0 N–H and O–H groups in total. The minimum Gasteiger partial charge on any atom is -0.465 e. The summed E-state index contributed by atoms with van der Waals surface area (Å²) >= 11 is 0. The fourth-order valence-corrected chi connectivity index (χ4v) is 3.37. The Morgan fingerprint density at radius 1 is 1.33 bits per heavy atom. The van der Waals surface area contributed by atoms with E-state index in [0.717, 1.165) is 17.8 Å². The van der Waals surface area contributed by atoms with E-state index in [1.54, 1.807) is 6.92 Å². The fraction of sp³-hybridized carbons (Fsp3) is 0.529. The van der Waals surface area contributed by atoms with Gasteiger partial charge in [0.15, 0.2) is 0 Å². The molecule has 4 heteroatoms. The predicted molar refractivity (Wildman–Crippen MR) is 82.4 cm³/mol. The summed E-state index contributed by atoms with van der Waals surface area (Å²) in [7, 11) is 0. The van der Waals surface area contributed by atoms with Gasteiger partial charge in [-0.15, -0.1) is 0 Å². The molecule has 2 rings (SSSR count). The Balaban J connectivity index is 2.58. The molecule has 0 spiro atoms. The summed E-state index contributed by atoms with van der Waals surface area (Å²) in [4.78, 5) is 27.1. The van der Waals surface area contributed by atoms with Crippen molar-refractivity contribution in [3.8, 4) is 0 Å². The zero-order valence-corrected chi connectivity index (χ0v) is 13.2. The molecule has 2 atom stereocenters. The Hall–Kier alpha value is -1.84. The van der Waals surface area contributed by atoms with Gasteiger partial charge in [-0.1, -0.05) is 18.2 Å². The van der Waals surface area contributed by atoms with Gasteiger partial charge < -0.3 is 9.64 Å². The maximum Gasteiger partial charge on any atom is 0.322 e. The topological polar surface area (TPSA) is 46.6 Å². The van der Waals surface area contributed by atoms with E-state index >= 15 is 0 Å². The first-order valence-electron chi connectivity index (χ1n) is 7.51. The van der Waals surface area contributed by atoms with E-state index in [9.17, 15) is 9.59 Å². The average molecular weight is 289 g/mol. The van der Waals surface area contributed by atoms with Crippen molar-refractivity contribution in [1.82, 2.24) is 0 Å². The molecule has 2 unspecified atom stereocenters. The van der Waals surface area contributed by atoms with Crippen LogP contribution in [-0.2, 0) is 20.7 Å². The molecule has 0 radical (unpaired) electrons. The third kappa shape index (κ3) is 2.33. The second-order valence-electron chi connectivity index (χ2n) is 5.52. The number of para-hydroxylation sites is 1. The van der Waals surface area contributed by atoms with Gasteiger partial charge >= 0.3 is 5.97 Å². The van der Waals surface area contributed by atoms with Crippen LogP contribution in [0.15, 0.2) is 24.3 Å². The number of carbonyl (C=O) groups excluding carboxylic acids is 2. The number of carbonyl (C=O) groups is 2. The Labute approximate surface area is 126 Å². The largest absolute Gasteiger partial charge is 0.465 e. The maximum absolute atomic E-state index is 12.6. The Bertz CT molecular complexity index is 555. The summed E-state index contributed by atoms with van der Waals surface area (Å²) in [6, 6.07) is 7.75. The van der Waals surface area contributed by atoms with Crippen molar-refractivity contribution < 1.29 is 14.3 Å². The van der Waals surface area contributed by atoms with Crippen LogP contribution in [0.1, 0.15) is 33.3 Å². The number of anilines is 1. The van der Waals surface area contributed by atoms with E-state index in [1.165, 1.54) is 6.92 Å². The summed E-state index contributed by atoms with van der Waals surface area (Å²) in [6.45, 7) is 8.27. The van der Waals surface area contributed by atoms with E-state index in [1.807, 2.05) is 38.1 Å². The summed E-state index contributed by atoms with van der Waals surface area (Å²) in [5, 5.41) is 0. The molecular weight excluding hydrogens is 266 g/mol. The number of fused-ring (bicyclic) bond motifs is 1. The Kier molecular flexibility index (Phi) is 4.35. The number of esters is 1. The fourth-order valence-electron chi connectivity index (χ4n) is 3.37. The number of Topliss-reactive ketones (excluding diaryl/α,β-unsaturated/α-hetero) is 1. The molecule has 0 saturated heterocycles. The SMILES string of the molecule is CCOC(=O)C1(C(C)=O)Cc2ccccc2N(CC)C1C. The van der Waals surface area contributed by atoms with Gasteiger partial charge in [0, 0.05) is 18.3 Å². The highest BCUT2D eigenvalue weighted by molar-refractivity contribution is 6.05. The van der Waals surface area contributed by atoms with Gasteiger partial charge in [-0.05, 0) is 45.7 Å². The third-order valence-corrected chi connectivity index (χ3v) is 4.56. The molecule has 1 aromatic rings. The van der Waals surface area contributed by atoms with Crippen LogP contribution in [0.2, 0.25) is 0 Å². The molecule has 0 bridgehead atoms. The van der Waals surface area contributed by atoms with E-state index in [4.69, 9.17) is 4.74 Å². The molecule has 1 aliphatic heterocycles. The molecule has 0 aliphatic carbocycles. The van der Waals surface area contributed by atoms with E-state index in [2.05, 4.69) is 4.90 Å². The van der Waals surface area contributed by atoms with Crippen molar-refractivity contribution in [2.24, 2.45) is 5.41 Å². The van der Waals surface area contributed by atoms with Crippen LogP contribution >= 0.6 is 0 Å². The summed E-state index contributed by atoms with van der Waals surface area (Å²) in [5.74, 6) is -0.528. The van der Waals surface area contributed by atoms with E-state index in [-0.39, 0.29) is 18.4 Å². The van der Waals surface area contributed by atoms with Gasteiger partial charge in [-0.2, -0.15) is 0 Å². The number of rotatable bonds is 4. The van der Waals surface area contributed by atoms with Crippen LogP contribution < -0.4 is 4.90 Å². The highest BCUT2D eigenvalue weighted by Gasteiger charge is 2.54. The Morgan fingerprint density at radius 2 is 2.00 bits per heavy atom. The smallest absolute Gasteiger partial charge is 0.322 e. The maximum atomic E-state index is 12.6. The number of nitrogens with zero attached hydrogens (tertiary/aromatic N) is 1. The first-order chi connectivity index (χ1) is 9.98. The summed E-state index contributed by atoms with van der Waals surface area (Å²) in [6.07, 6.45) is 0.412. The second kappa shape index (κ2) is 5.88. The minimum absolute atomic E-state index is 0.124. The van der Waals surface area contributed by atoms with Gasteiger partial charge in [0.25, 0.3) is 0 Å². The number of ketones is 1. The van der Waals surface area contributed by atoms with Crippen LogP contribution in [0.3, 0.4) is 0 Å². The number of hydrogen-bond donors (Lipinski definition) is 0. The monoisotopic (exact) mass is 289 g/mol. The van der Waals surface area contributed by atoms with Crippen molar-refractivity contribution in [2.75, 3.05) is 18.1 Å². The highest BCUT2D eigenvalue weighted by Crippen LogP contribution is 2.42. The van der Waals surface area contributed by atoms with Gasteiger partial charge in [0.1, 0.15) is 11.2 Å². The van der Waals surface area contributed by atoms with Gasteiger partial charge in [0.05, 0.1) is 6.61 Å². The van der Waals surface area contributed by atoms with Gasteiger partial charge in [-0.3, -0.25) is 9.59 Å². The second-order valence-corrected chi connectivity index (χ2v) is 5.52. The lowest BCUT2D eigenvalue weighted by Gasteiger charge is -2.47. The molecule has 1 aromatic carbocycles. The van der Waals surface area contributed by atoms with Crippen LogP contribution in [0.25, 0.3) is 0 Å². The summed E-state index contributed by atoms with van der Waals surface area (Å²) in [5.41, 5.74) is 1.02. The molecule has 1 heterocycles. The minimum atomic E-state index is -1.11. The van der Waals surface area contributed by atoms with Crippen LogP contribution in [0.4, 0.5) is 5.69 Å². The first kappa shape index (κ1) is 15.5. The first-order valence-corrected chi connectivity index (χ1v) is 7.51. The lowest BCUT2D eigenvalue weighted by Crippen LogP contribution is -2.59. The zero-order valence-electron chi connectivity index (χ0n) is 13.2. The lowest BCUT2D eigenvalue weighted by atomic mass is 9.69.